The van der Waals surface area contributed by atoms with Crippen LogP contribution in [0, 0.1) is 5.82 Å². The summed E-state index contributed by atoms with van der Waals surface area (Å²) in [6, 6.07) is 9.33. The van der Waals surface area contributed by atoms with Crippen LogP contribution in [0.4, 0.5) is 10.1 Å². The third-order valence-electron chi connectivity index (χ3n) is 5.56. The Kier molecular flexibility index (Phi) is 11.5. The molecule has 0 heterocycles. The zero-order chi connectivity index (χ0) is 26.9. The third-order valence-corrected chi connectivity index (χ3v) is 7.34. The van der Waals surface area contributed by atoms with Crippen LogP contribution >= 0.6 is 23.2 Å². The van der Waals surface area contributed by atoms with Crippen molar-refractivity contribution in [3.63, 3.8) is 0 Å². The Morgan fingerprint density at radius 2 is 1.75 bits per heavy atom. The summed E-state index contributed by atoms with van der Waals surface area (Å²) in [7, 11) is -3.66. The second-order valence-electron chi connectivity index (χ2n) is 8.39. The van der Waals surface area contributed by atoms with Crippen LogP contribution in [0.15, 0.2) is 42.5 Å². The van der Waals surface area contributed by atoms with Gasteiger partial charge < -0.3 is 10.2 Å². The highest BCUT2D eigenvalue weighted by Gasteiger charge is 2.29. The van der Waals surface area contributed by atoms with Gasteiger partial charge in [-0.3, -0.25) is 13.9 Å². The quantitative estimate of drug-likeness (QED) is 0.373. The highest BCUT2D eigenvalue weighted by molar-refractivity contribution is 7.92. The topological polar surface area (TPSA) is 86.8 Å². The molecule has 198 valence electrons. The maximum absolute atomic E-state index is 13.4. The minimum absolute atomic E-state index is 0.00399. The van der Waals surface area contributed by atoms with Crippen molar-refractivity contribution < 1.29 is 22.4 Å². The summed E-state index contributed by atoms with van der Waals surface area (Å²) >= 11 is 12.3. The van der Waals surface area contributed by atoms with E-state index in [1.54, 1.807) is 18.2 Å². The van der Waals surface area contributed by atoms with E-state index in [1.807, 2.05) is 13.8 Å². The lowest BCUT2D eigenvalue weighted by molar-refractivity contribution is -0.141. The SMILES string of the molecule is CCCNC(=O)C(CC)N(Cc1ccc(Cl)cc1Cl)C(=O)CCCN(c1ccc(F)cc1)S(C)(=O)=O. The van der Waals surface area contributed by atoms with Gasteiger partial charge in [-0.1, -0.05) is 43.1 Å². The van der Waals surface area contributed by atoms with Crippen LogP contribution < -0.4 is 9.62 Å². The van der Waals surface area contributed by atoms with E-state index < -0.39 is 21.9 Å². The highest BCUT2D eigenvalue weighted by Crippen LogP contribution is 2.25. The molecule has 1 N–H and O–H groups in total. The molecule has 0 aliphatic rings. The van der Waals surface area contributed by atoms with E-state index in [-0.39, 0.29) is 37.7 Å². The minimum Gasteiger partial charge on any atom is -0.354 e. The van der Waals surface area contributed by atoms with Gasteiger partial charge in [-0.05, 0) is 61.2 Å². The van der Waals surface area contributed by atoms with E-state index in [9.17, 15) is 22.4 Å². The summed E-state index contributed by atoms with van der Waals surface area (Å²) in [6.45, 7) is 4.36. The molecule has 36 heavy (non-hydrogen) atoms. The van der Waals surface area contributed by atoms with Crippen molar-refractivity contribution >= 4 is 50.7 Å². The molecule has 1 unspecified atom stereocenters. The van der Waals surface area contributed by atoms with Gasteiger partial charge in [-0.15, -0.1) is 0 Å². The lowest BCUT2D eigenvalue weighted by Crippen LogP contribution is -2.49. The van der Waals surface area contributed by atoms with Gasteiger partial charge in [0.15, 0.2) is 0 Å². The first-order valence-corrected chi connectivity index (χ1v) is 14.3. The molecule has 2 rings (SSSR count). The molecule has 7 nitrogen and oxygen atoms in total. The van der Waals surface area contributed by atoms with Gasteiger partial charge in [0, 0.05) is 36.1 Å². The number of carbonyl (C=O) groups is 2. The van der Waals surface area contributed by atoms with Gasteiger partial charge >= 0.3 is 0 Å². The van der Waals surface area contributed by atoms with Gasteiger partial charge in [0.05, 0.1) is 11.9 Å². The normalized spacial score (nSPS) is 12.2. The zero-order valence-electron chi connectivity index (χ0n) is 20.6. The predicted molar refractivity (Wildman–Crippen MR) is 142 cm³/mol. The lowest BCUT2D eigenvalue weighted by Gasteiger charge is -2.31. The molecule has 1 atom stereocenters. The van der Waals surface area contributed by atoms with Crippen molar-refractivity contribution in [2.75, 3.05) is 23.7 Å². The predicted octanol–water partition coefficient (Wildman–Crippen LogP) is 5.01. The Balaban J connectivity index is 2.23. The number of benzene rings is 2. The number of anilines is 1. The number of nitrogens with zero attached hydrogens (tertiary/aromatic N) is 2. The monoisotopic (exact) mass is 559 g/mol. The fourth-order valence-corrected chi connectivity index (χ4v) is 5.16. The van der Waals surface area contributed by atoms with Crippen molar-refractivity contribution in [1.82, 2.24) is 10.2 Å². The van der Waals surface area contributed by atoms with Crippen LogP contribution in [0.25, 0.3) is 0 Å². The fourth-order valence-electron chi connectivity index (χ4n) is 3.73. The summed E-state index contributed by atoms with van der Waals surface area (Å²) in [5.74, 6) is -1.06. The Bertz CT molecular complexity index is 1150. The van der Waals surface area contributed by atoms with Crippen molar-refractivity contribution in [3.05, 3.63) is 63.9 Å². The van der Waals surface area contributed by atoms with Crippen LogP contribution in [-0.4, -0.2) is 50.5 Å². The average Bonchev–Trinajstić information content (AvgIpc) is 2.81. The molecule has 0 aliphatic carbocycles. The van der Waals surface area contributed by atoms with Crippen molar-refractivity contribution in [1.29, 1.82) is 0 Å². The molecule has 2 aromatic rings. The molecule has 0 spiro atoms. The van der Waals surface area contributed by atoms with Gasteiger partial charge in [0.2, 0.25) is 21.8 Å². The molecule has 2 amide bonds. The molecule has 0 saturated carbocycles. The molecule has 0 fully saturated rings. The van der Waals surface area contributed by atoms with E-state index in [2.05, 4.69) is 5.32 Å². The number of carbonyl (C=O) groups excluding carboxylic acids is 2. The van der Waals surface area contributed by atoms with Crippen molar-refractivity contribution in [2.24, 2.45) is 0 Å². The molecule has 0 aliphatic heterocycles. The third kappa shape index (κ3) is 8.64. The largest absolute Gasteiger partial charge is 0.354 e. The number of nitrogens with one attached hydrogen (secondary N) is 1. The van der Waals surface area contributed by atoms with Crippen LogP contribution in [-0.2, 0) is 26.2 Å². The fraction of sp³-hybridized carbons (Fsp3) is 0.440. The van der Waals surface area contributed by atoms with E-state index in [0.717, 1.165) is 17.0 Å². The Morgan fingerprint density at radius 1 is 1.08 bits per heavy atom. The maximum Gasteiger partial charge on any atom is 0.242 e. The summed E-state index contributed by atoms with van der Waals surface area (Å²) in [6.07, 6.45) is 2.39. The van der Waals surface area contributed by atoms with Gasteiger partial charge in [0.1, 0.15) is 11.9 Å². The second-order valence-corrected chi connectivity index (χ2v) is 11.1. The zero-order valence-corrected chi connectivity index (χ0v) is 23.0. The number of rotatable bonds is 13. The summed E-state index contributed by atoms with van der Waals surface area (Å²) in [5.41, 5.74) is 0.946. The Morgan fingerprint density at radius 3 is 2.31 bits per heavy atom. The number of sulfonamides is 1. The maximum atomic E-state index is 13.4. The molecule has 0 saturated heterocycles. The second kappa shape index (κ2) is 13.8. The Labute approximate surface area is 222 Å². The van der Waals surface area contributed by atoms with Gasteiger partial charge in [0.25, 0.3) is 0 Å². The molecule has 2 aromatic carbocycles. The molecule has 0 radical (unpaired) electrons. The van der Waals surface area contributed by atoms with E-state index in [1.165, 1.54) is 29.2 Å². The average molecular weight is 561 g/mol. The summed E-state index contributed by atoms with van der Waals surface area (Å²) < 4.78 is 39.1. The van der Waals surface area contributed by atoms with Crippen LogP contribution in [0.3, 0.4) is 0 Å². The van der Waals surface area contributed by atoms with Crippen molar-refractivity contribution in [3.8, 4) is 0 Å². The van der Waals surface area contributed by atoms with Gasteiger partial charge in [-0.2, -0.15) is 0 Å². The van der Waals surface area contributed by atoms with E-state index in [4.69, 9.17) is 23.2 Å². The lowest BCUT2D eigenvalue weighted by atomic mass is 10.1. The molecular formula is C25H32Cl2FN3O4S. The summed E-state index contributed by atoms with van der Waals surface area (Å²) in [5, 5.41) is 3.68. The first-order chi connectivity index (χ1) is 17.0. The van der Waals surface area contributed by atoms with Crippen LogP contribution in [0.5, 0.6) is 0 Å². The number of hydrogen-bond donors (Lipinski definition) is 1. The summed E-state index contributed by atoms with van der Waals surface area (Å²) in [4.78, 5) is 27.7. The Hall–Kier alpha value is -2.36. The van der Waals surface area contributed by atoms with Crippen LogP contribution in [0.2, 0.25) is 10.0 Å². The van der Waals surface area contributed by atoms with Crippen LogP contribution in [0.1, 0.15) is 45.1 Å². The molecular weight excluding hydrogens is 528 g/mol. The molecule has 11 heteroatoms. The van der Waals surface area contributed by atoms with E-state index >= 15 is 0 Å². The first kappa shape index (κ1) is 29.9. The standard InChI is InChI=1S/C25H32Cl2FN3O4S/c1-4-14-29-25(33)23(5-2)30(17-18-8-9-19(26)16-22(18)27)24(32)7-6-15-31(36(3,34)35)21-12-10-20(28)11-13-21/h8-13,16,23H,4-7,14-15,17H2,1-3H3,(H,29,33). The molecule has 0 aromatic heterocycles. The number of halogens is 3. The minimum atomic E-state index is -3.66. The number of amides is 2. The highest BCUT2D eigenvalue weighted by atomic mass is 35.5. The first-order valence-electron chi connectivity index (χ1n) is 11.7. The number of hydrogen-bond acceptors (Lipinski definition) is 4. The van der Waals surface area contributed by atoms with E-state index in [0.29, 0.717) is 34.3 Å². The molecule has 0 bridgehead atoms. The van der Waals surface area contributed by atoms with Gasteiger partial charge in [-0.25, -0.2) is 12.8 Å². The smallest absolute Gasteiger partial charge is 0.242 e. The van der Waals surface area contributed by atoms with Crippen molar-refractivity contribution in [2.45, 2.75) is 52.1 Å².